The number of aryl methyl sites for hydroxylation is 1. The minimum atomic E-state index is -0.381. The predicted molar refractivity (Wildman–Crippen MR) is 79.1 cm³/mol. The van der Waals surface area contributed by atoms with Gasteiger partial charge in [-0.3, -0.25) is 0 Å². The SMILES string of the molecule is CCc1ccccc1CNC(C)c1ccc(O)cc1F. The Balaban J connectivity index is 2.06. The molecule has 1 unspecified atom stereocenters. The molecule has 20 heavy (non-hydrogen) atoms. The molecule has 2 nitrogen and oxygen atoms in total. The monoisotopic (exact) mass is 273 g/mol. The average molecular weight is 273 g/mol. The summed E-state index contributed by atoms with van der Waals surface area (Å²) in [6.45, 7) is 4.75. The van der Waals surface area contributed by atoms with Gasteiger partial charge in [-0.1, -0.05) is 37.3 Å². The third-order valence-electron chi connectivity index (χ3n) is 3.55. The largest absolute Gasteiger partial charge is 0.508 e. The molecule has 0 saturated heterocycles. The quantitative estimate of drug-likeness (QED) is 0.864. The maximum Gasteiger partial charge on any atom is 0.131 e. The summed E-state index contributed by atoms with van der Waals surface area (Å²) in [6.07, 6.45) is 0.986. The van der Waals surface area contributed by atoms with Crippen LogP contribution in [-0.2, 0) is 13.0 Å². The van der Waals surface area contributed by atoms with Gasteiger partial charge >= 0.3 is 0 Å². The van der Waals surface area contributed by atoms with Crippen LogP contribution in [0.5, 0.6) is 5.75 Å². The Morgan fingerprint density at radius 1 is 1.15 bits per heavy atom. The van der Waals surface area contributed by atoms with Crippen LogP contribution in [0.15, 0.2) is 42.5 Å². The third-order valence-corrected chi connectivity index (χ3v) is 3.55. The van der Waals surface area contributed by atoms with E-state index in [4.69, 9.17) is 0 Å². The first-order valence-electron chi connectivity index (χ1n) is 6.90. The first kappa shape index (κ1) is 14.5. The maximum absolute atomic E-state index is 13.8. The zero-order valence-corrected chi connectivity index (χ0v) is 11.9. The van der Waals surface area contributed by atoms with Gasteiger partial charge in [0.25, 0.3) is 0 Å². The number of hydrogen-bond acceptors (Lipinski definition) is 2. The highest BCUT2D eigenvalue weighted by atomic mass is 19.1. The molecule has 1 atom stereocenters. The summed E-state index contributed by atoms with van der Waals surface area (Å²) in [7, 11) is 0. The van der Waals surface area contributed by atoms with Crippen molar-refractivity contribution in [2.75, 3.05) is 0 Å². The molecule has 2 rings (SSSR count). The van der Waals surface area contributed by atoms with Gasteiger partial charge in [0.2, 0.25) is 0 Å². The number of halogens is 1. The van der Waals surface area contributed by atoms with Gasteiger partial charge in [0.15, 0.2) is 0 Å². The number of phenolic OH excluding ortho intramolecular Hbond substituents is 1. The second-order valence-electron chi connectivity index (χ2n) is 4.93. The second kappa shape index (κ2) is 6.53. The Hall–Kier alpha value is -1.87. The lowest BCUT2D eigenvalue weighted by Crippen LogP contribution is -2.19. The topological polar surface area (TPSA) is 32.3 Å². The molecule has 0 radical (unpaired) electrons. The molecule has 0 amide bonds. The highest BCUT2D eigenvalue weighted by Crippen LogP contribution is 2.21. The molecular formula is C17H20FNO. The van der Waals surface area contributed by atoms with Crippen molar-refractivity contribution in [3.05, 3.63) is 65.0 Å². The van der Waals surface area contributed by atoms with Gasteiger partial charge in [0.05, 0.1) is 0 Å². The molecule has 2 aromatic carbocycles. The van der Waals surface area contributed by atoms with Crippen molar-refractivity contribution in [2.45, 2.75) is 32.9 Å². The number of hydrogen-bond donors (Lipinski definition) is 2. The summed E-state index contributed by atoms with van der Waals surface area (Å²) in [5, 5.41) is 12.6. The van der Waals surface area contributed by atoms with Crippen LogP contribution in [0.3, 0.4) is 0 Å². The molecule has 0 spiro atoms. The van der Waals surface area contributed by atoms with Crippen molar-refractivity contribution in [2.24, 2.45) is 0 Å². The number of nitrogens with one attached hydrogen (secondary N) is 1. The van der Waals surface area contributed by atoms with E-state index in [2.05, 4.69) is 24.4 Å². The van der Waals surface area contributed by atoms with Crippen molar-refractivity contribution in [1.82, 2.24) is 5.32 Å². The van der Waals surface area contributed by atoms with E-state index >= 15 is 0 Å². The Labute approximate surface area is 119 Å². The van der Waals surface area contributed by atoms with Crippen LogP contribution in [0.4, 0.5) is 4.39 Å². The highest BCUT2D eigenvalue weighted by Gasteiger charge is 2.11. The number of benzene rings is 2. The summed E-state index contributed by atoms with van der Waals surface area (Å²) in [6, 6.07) is 12.4. The third kappa shape index (κ3) is 3.36. The fourth-order valence-electron chi connectivity index (χ4n) is 2.32. The van der Waals surface area contributed by atoms with Crippen LogP contribution < -0.4 is 5.32 Å². The van der Waals surface area contributed by atoms with Crippen LogP contribution in [-0.4, -0.2) is 5.11 Å². The van der Waals surface area contributed by atoms with Crippen LogP contribution in [0.2, 0.25) is 0 Å². The van der Waals surface area contributed by atoms with E-state index in [1.807, 2.05) is 19.1 Å². The minimum absolute atomic E-state index is 0.0465. The molecule has 0 aliphatic carbocycles. The van der Waals surface area contributed by atoms with Gasteiger partial charge in [-0.05, 0) is 30.5 Å². The minimum Gasteiger partial charge on any atom is -0.508 e. The number of phenols is 1. The van der Waals surface area contributed by atoms with E-state index in [1.54, 1.807) is 6.07 Å². The zero-order valence-electron chi connectivity index (χ0n) is 11.9. The van der Waals surface area contributed by atoms with Gasteiger partial charge in [0.1, 0.15) is 11.6 Å². The predicted octanol–water partition coefficient (Wildman–Crippen LogP) is 3.94. The zero-order chi connectivity index (χ0) is 14.5. The van der Waals surface area contributed by atoms with Crippen LogP contribution >= 0.6 is 0 Å². The van der Waals surface area contributed by atoms with Crippen molar-refractivity contribution < 1.29 is 9.50 Å². The summed E-state index contributed by atoms with van der Waals surface area (Å²) in [4.78, 5) is 0. The Morgan fingerprint density at radius 3 is 2.50 bits per heavy atom. The van der Waals surface area contributed by atoms with Crippen molar-refractivity contribution >= 4 is 0 Å². The molecule has 3 heteroatoms. The Kier molecular flexibility index (Phi) is 4.74. The summed E-state index contributed by atoms with van der Waals surface area (Å²) in [5.74, 6) is -0.427. The lowest BCUT2D eigenvalue weighted by Gasteiger charge is -2.16. The van der Waals surface area contributed by atoms with Crippen LogP contribution in [0, 0.1) is 5.82 Å². The summed E-state index contributed by atoms with van der Waals surface area (Å²) < 4.78 is 13.8. The lowest BCUT2D eigenvalue weighted by atomic mass is 10.0. The van der Waals surface area contributed by atoms with Gasteiger partial charge in [-0.15, -0.1) is 0 Å². The van der Waals surface area contributed by atoms with Crippen molar-refractivity contribution in [3.63, 3.8) is 0 Å². The van der Waals surface area contributed by atoms with Crippen LogP contribution in [0.1, 0.15) is 36.6 Å². The summed E-state index contributed by atoms with van der Waals surface area (Å²) in [5.41, 5.74) is 3.11. The molecule has 0 aliphatic heterocycles. The standard InChI is InChI=1S/C17H20FNO/c1-3-13-6-4-5-7-14(13)11-19-12(2)16-9-8-15(20)10-17(16)18/h4-10,12,19-20H,3,11H2,1-2H3. The normalized spacial score (nSPS) is 12.3. The molecule has 0 saturated carbocycles. The Morgan fingerprint density at radius 2 is 1.85 bits per heavy atom. The van der Waals surface area contributed by atoms with E-state index < -0.39 is 0 Å². The van der Waals surface area contributed by atoms with Gasteiger partial charge < -0.3 is 10.4 Å². The first-order valence-corrected chi connectivity index (χ1v) is 6.90. The highest BCUT2D eigenvalue weighted by molar-refractivity contribution is 5.30. The molecular weight excluding hydrogens is 253 g/mol. The molecule has 2 N–H and O–H groups in total. The maximum atomic E-state index is 13.8. The van der Waals surface area contributed by atoms with E-state index in [-0.39, 0.29) is 17.6 Å². The molecule has 0 aromatic heterocycles. The van der Waals surface area contributed by atoms with Gasteiger partial charge in [-0.2, -0.15) is 0 Å². The summed E-state index contributed by atoms with van der Waals surface area (Å²) >= 11 is 0. The van der Waals surface area contributed by atoms with Gasteiger partial charge in [-0.25, -0.2) is 4.39 Å². The van der Waals surface area contributed by atoms with E-state index in [1.165, 1.54) is 17.2 Å². The average Bonchev–Trinajstić information content (AvgIpc) is 2.45. The lowest BCUT2D eigenvalue weighted by molar-refractivity contribution is 0.463. The van der Waals surface area contributed by atoms with Crippen LogP contribution in [0.25, 0.3) is 0 Å². The molecule has 0 heterocycles. The van der Waals surface area contributed by atoms with E-state index in [0.717, 1.165) is 12.5 Å². The van der Waals surface area contributed by atoms with E-state index in [0.29, 0.717) is 12.1 Å². The second-order valence-corrected chi connectivity index (χ2v) is 4.93. The van der Waals surface area contributed by atoms with E-state index in [9.17, 15) is 9.50 Å². The fourth-order valence-corrected chi connectivity index (χ4v) is 2.32. The molecule has 106 valence electrons. The molecule has 2 aromatic rings. The fraction of sp³-hybridized carbons (Fsp3) is 0.294. The Bertz CT molecular complexity index is 583. The molecule has 0 bridgehead atoms. The van der Waals surface area contributed by atoms with Crippen molar-refractivity contribution in [3.8, 4) is 5.75 Å². The van der Waals surface area contributed by atoms with Gasteiger partial charge in [0, 0.05) is 24.2 Å². The smallest absolute Gasteiger partial charge is 0.131 e. The molecule has 0 aliphatic rings. The number of rotatable bonds is 5. The first-order chi connectivity index (χ1) is 9.61. The molecule has 0 fully saturated rings. The number of aromatic hydroxyl groups is 1. The van der Waals surface area contributed by atoms with Crippen molar-refractivity contribution in [1.29, 1.82) is 0 Å².